The van der Waals surface area contributed by atoms with Crippen molar-refractivity contribution in [3.63, 3.8) is 0 Å². The van der Waals surface area contributed by atoms with E-state index >= 15 is 0 Å². The van der Waals surface area contributed by atoms with E-state index in [1.54, 1.807) is 11.3 Å². The van der Waals surface area contributed by atoms with Crippen molar-refractivity contribution in [3.8, 4) is 10.4 Å². The first-order chi connectivity index (χ1) is 11.1. The Morgan fingerprint density at radius 3 is 2.70 bits per heavy atom. The molecule has 2 nitrogen and oxygen atoms in total. The van der Waals surface area contributed by atoms with Crippen molar-refractivity contribution in [2.24, 2.45) is 5.92 Å². The molecule has 1 aromatic carbocycles. The summed E-state index contributed by atoms with van der Waals surface area (Å²) in [5.74, 6) is 0.771. The maximum Gasteiger partial charge on any atom is 0.264 e. The highest BCUT2D eigenvalue weighted by atomic mass is 32.1. The third-order valence-corrected chi connectivity index (χ3v) is 5.95. The minimum absolute atomic E-state index is 0.248. The van der Waals surface area contributed by atoms with Gasteiger partial charge in [-0.3, -0.25) is 4.79 Å². The first-order valence-electron chi connectivity index (χ1n) is 8.65. The van der Waals surface area contributed by atoms with E-state index in [-0.39, 0.29) is 5.91 Å². The molecule has 4 rings (SSSR count). The third kappa shape index (κ3) is 2.83. The van der Waals surface area contributed by atoms with Crippen LogP contribution in [-0.4, -0.2) is 23.4 Å². The molecule has 2 aliphatic carbocycles. The SMILES string of the molecule is CC(C)CN(C(=O)c1cc2c(s1)-c1ccccc1CC2)C1CC1. The Bertz CT molecular complexity index is 742. The number of carbonyl (C=O) groups is 1. The number of carbonyl (C=O) groups excluding carboxylic acids is 1. The van der Waals surface area contributed by atoms with Gasteiger partial charge in [0.2, 0.25) is 0 Å². The molecule has 1 aromatic heterocycles. The molecule has 1 fully saturated rings. The fourth-order valence-corrected chi connectivity index (χ4v) is 4.72. The van der Waals surface area contributed by atoms with Crippen molar-refractivity contribution in [3.05, 3.63) is 46.3 Å². The zero-order valence-corrected chi connectivity index (χ0v) is 14.7. The van der Waals surface area contributed by atoms with Gasteiger partial charge in [0, 0.05) is 17.5 Å². The van der Waals surface area contributed by atoms with Gasteiger partial charge < -0.3 is 4.90 Å². The van der Waals surface area contributed by atoms with Gasteiger partial charge >= 0.3 is 0 Å². The molecule has 0 unspecified atom stereocenters. The highest BCUT2D eigenvalue weighted by Gasteiger charge is 2.34. The first-order valence-corrected chi connectivity index (χ1v) is 9.47. The van der Waals surface area contributed by atoms with Crippen LogP contribution in [0.1, 0.15) is 47.5 Å². The Morgan fingerprint density at radius 1 is 1.22 bits per heavy atom. The Morgan fingerprint density at radius 2 is 1.96 bits per heavy atom. The minimum Gasteiger partial charge on any atom is -0.335 e. The van der Waals surface area contributed by atoms with E-state index in [0.717, 1.165) is 24.3 Å². The Balaban J connectivity index is 1.66. The predicted octanol–water partition coefficient (Wildman–Crippen LogP) is 4.77. The fourth-order valence-electron chi connectivity index (χ4n) is 3.50. The average Bonchev–Trinajstić information content (AvgIpc) is 3.29. The van der Waals surface area contributed by atoms with Crippen LogP contribution in [0.3, 0.4) is 0 Å². The van der Waals surface area contributed by atoms with Crippen molar-refractivity contribution in [2.45, 2.75) is 45.6 Å². The molecule has 0 spiro atoms. The molecular weight excluding hydrogens is 302 g/mol. The van der Waals surface area contributed by atoms with E-state index in [1.165, 1.54) is 34.4 Å². The van der Waals surface area contributed by atoms with Gasteiger partial charge in [0.25, 0.3) is 5.91 Å². The highest BCUT2D eigenvalue weighted by Crippen LogP contribution is 2.40. The number of hydrogen-bond acceptors (Lipinski definition) is 2. The van der Waals surface area contributed by atoms with Crippen LogP contribution in [0.4, 0.5) is 0 Å². The quantitative estimate of drug-likeness (QED) is 0.792. The van der Waals surface area contributed by atoms with Crippen molar-refractivity contribution in [1.29, 1.82) is 0 Å². The van der Waals surface area contributed by atoms with E-state index in [2.05, 4.69) is 49.1 Å². The average molecular weight is 325 g/mol. The van der Waals surface area contributed by atoms with E-state index in [9.17, 15) is 4.79 Å². The zero-order valence-electron chi connectivity index (χ0n) is 13.8. The lowest BCUT2D eigenvalue weighted by Crippen LogP contribution is -2.35. The molecule has 2 aromatic rings. The van der Waals surface area contributed by atoms with Gasteiger partial charge in [-0.1, -0.05) is 38.1 Å². The molecule has 3 heteroatoms. The molecule has 0 radical (unpaired) electrons. The number of rotatable bonds is 4. The van der Waals surface area contributed by atoms with Gasteiger partial charge in [-0.2, -0.15) is 0 Å². The van der Waals surface area contributed by atoms with Crippen LogP contribution < -0.4 is 0 Å². The zero-order chi connectivity index (χ0) is 16.0. The Labute approximate surface area is 142 Å². The maximum atomic E-state index is 13.0. The van der Waals surface area contributed by atoms with E-state index < -0.39 is 0 Å². The number of amides is 1. The van der Waals surface area contributed by atoms with Crippen molar-refractivity contribution >= 4 is 17.2 Å². The molecule has 1 heterocycles. The van der Waals surface area contributed by atoms with Crippen LogP contribution in [0.5, 0.6) is 0 Å². The summed E-state index contributed by atoms with van der Waals surface area (Å²) in [5.41, 5.74) is 4.11. The molecule has 0 aliphatic heterocycles. The Hall–Kier alpha value is -1.61. The molecule has 0 N–H and O–H groups in total. The van der Waals surface area contributed by atoms with E-state index in [4.69, 9.17) is 0 Å². The number of fused-ring (bicyclic) bond motifs is 3. The molecule has 1 saturated carbocycles. The largest absolute Gasteiger partial charge is 0.335 e. The molecule has 0 atom stereocenters. The summed E-state index contributed by atoms with van der Waals surface area (Å²) in [6.07, 6.45) is 4.49. The number of thiophene rings is 1. The molecule has 23 heavy (non-hydrogen) atoms. The molecule has 0 saturated heterocycles. The Kier molecular flexibility index (Phi) is 3.76. The van der Waals surface area contributed by atoms with Crippen LogP contribution >= 0.6 is 11.3 Å². The summed E-state index contributed by atoms with van der Waals surface area (Å²) in [7, 11) is 0. The van der Waals surface area contributed by atoms with Crippen molar-refractivity contribution in [2.75, 3.05) is 6.54 Å². The first kappa shape index (κ1) is 14.9. The van der Waals surface area contributed by atoms with Gasteiger partial charge in [0.15, 0.2) is 0 Å². The minimum atomic E-state index is 0.248. The second kappa shape index (κ2) is 5.79. The van der Waals surface area contributed by atoms with Crippen molar-refractivity contribution < 1.29 is 4.79 Å². The van der Waals surface area contributed by atoms with Crippen molar-refractivity contribution in [1.82, 2.24) is 4.90 Å². The third-order valence-electron chi connectivity index (χ3n) is 4.76. The normalized spacial score (nSPS) is 16.1. The van der Waals surface area contributed by atoms with Crippen LogP contribution in [0.2, 0.25) is 0 Å². The molecule has 1 amide bonds. The monoisotopic (exact) mass is 325 g/mol. The standard InChI is InChI=1S/C20H23NOS/c1-13(2)12-21(16-9-10-16)20(22)18-11-15-8-7-14-5-3-4-6-17(14)19(15)23-18/h3-6,11,13,16H,7-10,12H2,1-2H3. The van der Waals surface area contributed by atoms with E-state index in [1.807, 2.05) is 0 Å². The lowest BCUT2D eigenvalue weighted by Gasteiger charge is -2.23. The number of hydrogen-bond donors (Lipinski definition) is 0. The highest BCUT2D eigenvalue weighted by molar-refractivity contribution is 7.17. The van der Waals surface area contributed by atoms with Gasteiger partial charge in [0.05, 0.1) is 4.88 Å². The van der Waals surface area contributed by atoms with Gasteiger partial charge in [0.1, 0.15) is 0 Å². The molecule has 120 valence electrons. The second-order valence-electron chi connectivity index (χ2n) is 7.20. The molecule has 2 aliphatic rings. The number of benzene rings is 1. The van der Waals surface area contributed by atoms with E-state index in [0.29, 0.717) is 12.0 Å². The summed E-state index contributed by atoms with van der Waals surface area (Å²) >= 11 is 1.70. The molecular formula is C20H23NOS. The van der Waals surface area contributed by atoms with Crippen LogP contribution in [0.15, 0.2) is 30.3 Å². The lowest BCUT2D eigenvalue weighted by atomic mass is 9.91. The summed E-state index contributed by atoms with van der Waals surface area (Å²) < 4.78 is 0. The smallest absolute Gasteiger partial charge is 0.264 e. The van der Waals surface area contributed by atoms with Crippen LogP contribution in [-0.2, 0) is 12.8 Å². The number of nitrogens with zero attached hydrogens (tertiary/aromatic N) is 1. The predicted molar refractivity (Wildman–Crippen MR) is 96.1 cm³/mol. The topological polar surface area (TPSA) is 20.3 Å². The summed E-state index contributed by atoms with van der Waals surface area (Å²) in [6, 6.07) is 11.3. The second-order valence-corrected chi connectivity index (χ2v) is 8.26. The molecule has 0 bridgehead atoms. The summed E-state index contributed by atoms with van der Waals surface area (Å²) in [5, 5.41) is 0. The fraction of sp³-hybridized carbons (Fsp3) is 0.450. The van der Waals surface area contributed by atoms with Crippen LogP contribution in [0, 0.1) is 5.92 Å². The van der Waals surface area contributed by atoms with Gasteiger partial charge in [-0.25, -0.2) is 0 Å². The van der Waals surface area contributed by atoms with Gasteiger partial charge in [-0.15, -0.1) is 11.3 Å². The number of aryl methyl sites for hydroxylation is 2. The van der Waals surface area contributed by atoms with Crippen LogP contribution in [0.25, 0.3) is 10.4 Å². The summed E-state index contributed by atoms with van der Waals surface area (Å²) in [4.78, 5) is 17.4. The maximum absolute atomic E-state index is 13.0. The summed E-state index contributed by atoms with van der Waals surface area (Å²) in [6.45, 7) is 5.26. The van der Waals surface area contributed by atoms with Gasteiger partial charge in [-0.05, 0) is 54.4 Å². The lowest BCUT2D eigenvalue weighted by molar-refractivity contribution is 0.0727.